The maximum Gasteiger partial charge on any atom is 0.341 e. The Kier molecular flexibility index (Phi) is 8.00. The number of aliphatic imine (C=N–C) groups is 1. The average molecular weight is 546 g/mol. The largest absolute Gasteiger partial charge is 0.495 e. The first-order valence-corrected chi connectivity index (χ1v) is 14.0. The Morgan fingerprint density at radius 1 is 1.03 bits per heavy atom. The van der Waals surface area contributed by atoms with Crippen molar-refractivity contribution < 1.29 is 24.1 Å². The molecule has 2 atom stereocenters. The van der Waals surface area contributed by atoms with Crippen LogP contribution in [0, 0.1) is 6.92 Å². The molecule has 2 unspecified atom stereocenters. The van der Waals surface area contributed by atoms with Gasteiger partial charge in [-0.25, -0.2) is 9.79 Å². The quantitative estimate of drug-likeness (QED) is 0.219. The number of thiophene rings is 1. The van der Waals surface area contributed by atoms with Gasteiger partial charge in [0.25, 0.3) is 0 Å². The predicted octanol–water partition coefficient (Wildman–Crippen LogP) is 6.87. The van der Waals surface area contributed by atoms with E-state index in [1.54, 1.807) is 36.3 Å². The molecule has 0 saturated heterocycles. The summed E-state index contributed by atoms with van der Waals surface area (Å²) in [6.07, 6.45) is -0.213. The third-order valence-electron chi connectivity index (χ3n) is 6.17. The highest BCUT2D eigenvalue weighted by molar-refractivity contribution is 7.99. The first kappa shape index (κ1) is 25.9. The third-order valence-corrected chi connectivity index (χ3v) is 8.17. The Morgan fingerprint density at radius 2 is 1.79 bits per heavy atom. The lowest BCUT2D eigenvalue weighted by Gasteiger charge is -2.19. The summed E-state index contributed by atoms with van der Waals surface area (Å²) in [5, 5.41) is 11.0. The van der Waals surface area contributed by atoms with Crippen molar-refractivity contribution in [2.24, 2.45) is 4.99 Å². The number of aliphatic carboxylic acids is 1. The number of thioether (sulfide) groups is 1. The first-order valence-electron chi connectivity index (χ1n) is 12.1. The molecular formula is C30H27NO5S2. The topological polar surface area (TPSA) is 77.4 Å². The molecule has 0 aliphatic carbocycles. The zero-order valence-corrected chi connectivity index (χ0v) is 22.6. The highest BCUT2D eigenvalue weighted by atomic mass is 32.2. The fourth-order valence-corrected chi connectivity index (χ4v) is 6.07. The van der Waals surface area contributed by atoms with Crippen LogP contribution in [-0.2, 0) is 9.53 Å². The highest BCUT2D eigenvalue weighted by Gasteiger charge is 2.33. The zero-order chi connectivity index (χ0) is 26.5. The summed E-state index contributed by atoms with van der Waals surface area (Å²) < 4.78 is 17.4. The summed E-state index contributed by atoms with van der Waals surface area (Å²) in [6.45, 7) is 1.49. The second-order valence-electron chi connectivity index (χ2n) is 8.77. The molecule has 0 radical (unpaired) electrons. The van der Waals surface area contributed by atoms with E-state index in [1.807, 2.05) is 48.7 Å². The molecule has 1 aliphatic rings. The van der Waals surface area contributed by atoms with E-state index in [2.05, 4.69) is 36.4 Å². The van der Waals surface area contributed by atoms with Crippen LogP contribution in [-0.4, -0.2) is 42.5 Å². The molecule has 194 valence electrons. The van der Waals surface area contributed by atoms with E-state index in [0.717, 1.165) is 26.5 Å². The molecule has 0 fully saturated rings. The minimum absolute atomic E-state index is 0.104. The molecule has 2 heterocycles. The van der Waals surface area contributed by atoms with Gasteiger partial charge in [-0.1, -0.05) is 60.7 Å². The average Bonchev–Trinajstić information content (AvgIpc) is 3.62. The van der Waals surface area contributed by atoms with Crippen LogP contribution in [0.2, 0.25) is 0 Å². The number of carboxylic acids is 1. The van der Waals surface area contributed by atoms with Gasteiger partial charge in [0, 0.05) is 16.7 Å². The van der Waals surface area contributed by atoms with Crippen molar-refractivity contribution in [1.82, 2.24) is 0 Å². The van der Waals surface area contributed by atoms with Gasteiger partial charge in [-0.2, -0.15) is 0 Å². The second-order valence-corrected chi connectivity index (χ2v) is 10.8. The summed E-state index contributed by atoms with van der Waals surface area (Å²) >= 11 is 3.24. The Bertz CT molecular complexity index is 1420. The summed E-state index contributed by atoms with van der Waals surface area (Å²) in [4.78, 5) is 17.8. The van der Waals surface area contributed by atoms with Gasteiger partial charge in [0.05, 0.1) is 12.0 Å². The van der Waals surface area contributed by atoms with Crippen LogP contribution >= 0.6 is 23.1 Å². The standard InChI is InChI=1S/C30H27NO5S2/c1-19-15-27(25(34-2)16-24(19)35-17-28(32)33)38-18-23-29(36-30(31-23)26-9-6-14-37-26)22-12-10-21(11-13-22)20-7-4-3-5-8-20/h3-16,23,29H,17-18H2,1-2H3,(H,32,33). The molecule has 6 nitrogen and oxygen atoms in total. The number of hydrogen-bond acceptors (Lipinski definition) is 7. The fourth-order valence-electron chi connectivity index (χ4n) is 4.27. The van der Waals surface area contributed by atoms with Crippen LogP contribution < -0.4 is 9.47 Å². The molecule has 1 aliphatic heterocycles. The lowest BCUT2D eigenvalue weighted by Crippen LogP contribution is -2.17. The fraction of sp³-hybridized carbons (Fsp3) is 0.200. The Morgan fingerprint density at radius 3 is 2.47 bits per heavy atom. The van der Waals surface area contributed by atoms with Crippen molar-refractivity contribution in [3.63, 3.8) is 0 Å². The van der Waals surface area contributed by atoms with Crippen molar-refractivity contribution >= 4 is 35.0 Å². The van der Waals surface area contributed by atoms with Gasteiger partial charge in [0.15, 0.2) is 6.61 Å². The van der Waals surface area contributed by atoms with Gasteiger partial charge in [-0.15, -0.1) is 23.1 Å². The maximum atomic E-state index is 10.9. The minimum Gasteiger partial charge on any atom is -0.495 e. The van der Waals surface area contributed by atoms with Crippen molar-refractivity contribution in [1.29, 1.82) is 0 Å². The second kappa shape index (κ2) is 11.8. The third kappa shape index (κ3) is 5.87. The smallest absolute Gasteiger partial charge is 0.341 e. The number of benzene rings is 3. The summed E-state index contributed by atoms with van der Waals surface area (Å²) in [6, 6.07) is 26.4. The molecule has 4 aromatic rings. The lowest BCUT2D eigenvalue weighted by atomic mass is 9.99. The number of carboxylic acid groups (broad SMARTS) is 1. The van der Waals surface area contributed by atoms with E-state index < -0.39 is 12.6 Å². The molecule has 5 rings (SSSR count). The first-order chi connectivity index (χ1) is 18.5. The summed E-state index contributed by atoms with van der Waals surface area (Å²) in [7, 11) is 1.60. The van der Waals surface area contributed by atoms with Gasteiger partial charge in [0.1, 0.15) is 23.6 Å². The molecule has 38 heavy (non-hydrogen) atoms. The molecule has 3 aromatic carbocycles. The van der Waals surface area contributed by atoms with Crippen LogP contribution in [0.1, 0.15) is 22.1 Å². The van der Waals surface area contributed by atoms with Gasteiger partial charge in [0.2, 0.25) is 5.90 Å². The summed E-state index contributed by atoms with van der Waals surface area (Å²) in [5.41, 5.74) is 4.24. The SMILES string of the molecule is COc1cc(OCC(=O)O)c(C)cc1SCC1N=C(c2cccs2)OC1c1ccc(-c2ccccc2)cc1. The van der Waals surface area contributed by atoms with Gasteiger partial charge < -0.3 is 19.3 Å². The Balaban J connectivity index is 1.37. The van der Waals surface area contributed by atoms with Crippen LogP contribution in [0.5, 0.6) is 11.5 Å². The molecule has 8 heteroatoms. The lowest BCUT2D eigenvalue weighted by molar-refractivity contribution is -0.139. The minimum atomic E-state index is -1.02. The maximum absolute atomic E-state index is 10.9. The number of aryl methyl sites for hydroxylation is 1. The number of hydrogen-bond donors (Lipinski definition) is 1. The van der Waals surface area contributed by atoms with Crippen molar-refractivity contribution in [3.05, 3.63) is 100 Å². The normalized spacial score (nSPS) is 16.5. The van der Waals surface area contributed by atoms with Gasteiger partial charge in [-0.05, 0) is 46.7 Å². The number of methoxy groups -OCH3 is 1. The highest BCUT2D eigenvalue weighted by Crippen LogP contribution is 2.40. The summed E-state index contributed by atoms with van der Waals surface area (Å²) in [5.74, 6) is 1.44. The van der Waals surface area contributed by atoms with Crippen LogP contribution in [0.25, 0.3) is 11.1 Å². The van der Waals surface area contributed by atoms with E-state index in [-0.39, 0.29) is 12.1 Å². The predicted molar refractivity (Wildman–Crippen MR) is 152 cm³/mol. The monoisotopic (exact) mass is 545 g/mol. The number of rotatable bonds is 10. The molecule has 0 amide bonds. The van der Waals surface area contributed by atoms with Crippen LogP contribution in [0.15, 0.2) is 94.1 Å². The van der Waals surface area contributed by atoms with Gasteiger partial charge >= 0.3 is 5.97 Å². The van der Waals surface area contributed by atoms with Crippen molar-refractivity contribution in [2.45, 2.75) is 24.0 Å². The van der Waals surface area contributed by atoms with E-state index in [1.165, 1.54) is 5.56 Å². The van der Waals surface area contributed by atoms with Crippen LogP contribution in [0.3, 0.4) is 0 Å². The molecule has 1 aromatic heterocycles. The van der Waals surface area contributed by atoms with Crippen molar-refractivity contribution in [2.75, 3.05) is 19.5 Å². The van der Waals surface area contributed by atoms with E-state index in [9.17, 15) is 4.79 Å². The molecule has 0 bridgehead atoms. The number of carbonyl (C=O) groups is 1. The Labute approximate surface area is 229 Å². The Hall–Kier alpha value is -3.75. The van der Waals surface area contributed by atoms with Gasteiger partial charge in [-0.3, -0.25) is 0 Å². The number of ether oxygens (including phenoxy) is 3. The number of nitrogens with zero attached hydrogens (tertiary/aromatic N) is 1. The van der Waals surface area contributed by atoms with Crippen LogP contribution in [0.4, 0.5) is 0 Å². The van der Waals surface area contributed by atoms with E-state index >= 15 is 0 Å². The molecule has 0 saturated carbocycles. The molecular weight excluding hydrogens is 518 g/mol. The zero-order valence-electron chi connectivity index (χ0n) is 21.0. The molecule has 1 N–H and O–H groups in total. The van der Waals surface area contributed by atoms with Crippen molar-refractivity contribution in [3.8, 4) is 22.6 Å². The molecule has 0 spiro atoms. The van der Waals surface area contributed by atoms with E-state index in [4.69, 9.17) is 24.3 Å². The van der Waals surface area contributed by atoms with E-state index in [0.29, 0.717) is 23.1 Å².